The Bertz CT molecular complexity index is 587. The molecule has 2 rings (SSSR count). The largest absolute Gasteiger partial charge is 0.493 e. The van der Waals surface area contributed by atoms with E-state index >= 15 is 0 Å². The van der Waals surface area contributed by atoms with Crippen molar-refractivity contribution in [1.29, 1.82) is 0 Å². The standard InChI is InChI=1S/C17H21NO2/c1-14(2)9-11-20-16-8-10-18(17(19)12-16)13-15-6-4-3-5-7-15/h3-8,10,12,14H,9,11,13H2,1-2H3. The Kier molecular flexibility index (Phi) is 4.99. The second-order valence-electron chi connectivity index (χ2n) is 5.35. The lowest BCUT2D eigenvalue weighted by Gasteiger charge is -2.10. The van der Waals surface area contributed by atoms with Gasteiger partial charge in [-0.2, -0.15) is 0 Å². The smallest absolute Gasteiger partial charge is 0.254 e. The van der Waals surface area contributed by atoms with Crippen LogP contribution in [-0.4, -0.2) is 11.2 Å². The molecule has 0 N–H and O–H groups in total. The topological polar surface area (TPSA) is 31.2 Å². The van der Waals surface area contributed by atoms with Gasteiger partial charge in [-0.05, 0) is 24.0 Å². The van der Waals surface area contributed by atoms with E-state index in [2.05, 4.69) is 13.8 Å². The van der Waals surface area contributed by atoms with Crippen molar-refractivity contribution in [3.05, 3.63) is 64.6 Å². The van der Waals surface area contributed by atoms with Crippen molar-refractivity contribution in [2.24, 2.45) is 5.92 Å². The summed E-state index contributed by atoms with van der Waals surface area (Å²) >= 11 is 0. The Morgan fingerprint density at radius 3 is 2.55 bits per heavy atom. The molecule has 0 aliphatic carbocycles. The summed E-state index contributed by atoms with van der Waals surface area (Å²) < 4.78 is 7.27. The van der Waals surface area contributed by atoms with Gasteiger partial charge in [0.2, 0.25) is 0 Å². The molecule has 0 aliphatic heterocycles. The third-order valence-electron chi connectivity index (χ3n) is 3.13. The van der Waals surface area contributed by atoms with Gasteiger partial charge >= 0.3 is 0 Å². The molecule has 0 fully saturated rings. The summed E-state index contributed by atoms with van der Waals surface area (Å²) in [5.41, 5.74) is 1.08. The fourth-order valence-corrected chi connectivity index (χ4v) is 1.90. The van der Waals surface area contributed by atoms with E-state index < -0.39 is 0 Å². The highest BCUT2D eigenvalue weighted by Gasteiger charge is 2.01. The summed E-state index contributed by atoms with van der Waals surface area (Å²) in [4.78, 5) is 12.0. The number of ether oxygens (including phenoxy) is 1. The van der Waals surface area contributed by atoms with Crippen LogP contribution in [0.1, 0.15) is 25.8 Å². The van der Waals surface area contributed by atoms with Crippen molar-refractivity contribution in [1.82, 2.24) is 4.57 Å². The molecule has 106 valence electrons. The third-order valence-corrected chi connectivity index (χ3v) is 3.13. The first-order chi connectivity index (χ1) is 9.65. The van der Waals surface area contributed by atoms with E-state index in [0.29, 0.717) is 24.8 Å². The van der Waals surface area contributed by atoms with Crippen molar-refractivity contribution in [2.45, 2.75) is 26.8 Å². The molecule has 2 aromatic rings. The Morgan fingerprint density at radius 1 is 1.15 bits per heavy atom. The zero-order chi connectivity index (χ0) is 14.4. The van der Waals surface area contributed by atoms with E-state index in [-0.39, 0.29) is 5.56 Å². The third kappa shape index (κ3) is 4.26. The number of aromatic nitrogens is 1. The van der Waals surface area contributed by atoms with Gasteiger partial charge in [-0.15, -0.1) is 0 Å². The number of hydrogen-bond acceptors (Lipinski definition) is 2. The maximum Gasteiger partial charge on any atom is 0.254 e. The van der Waals surface area contributed by atoms with Gasteiger partial charge in [0.15, 0.2) is 0 Å². The fraction of sp³-hybridized carbons (Fsp3) is 0.353. The average Bonchev–Trinajstić information content (AvgIpc) is 2.42. The Hall–Kier alpha value is -2.03. The van der Waals surface area contributed by atoms with Gasteiger partial charge in [-0.25, -0.2) is 0 Å². The molecule has 3 nitrogen and oxygen atoms in total. The number of benzene rings is 1. The number of rotatable bonds is 6. The molecule has 0 amide bonds. The maximum atomic E-state index is 12.0. The molecule has 0 bridgehead atoms. The molecule has 1 aromatic heterocycles. The Morgan fingerprint density at radius 2 is 1.90 bits per heavy atom. The van der Waals surface area contributed by atoms with Gasteiger partial charge in [-0.3, -0.25) is 4.79 Å². The lowest BCUT2D eigenvalue weighted by molar-refractivity contribution is 0.288. The zero-order valence-electron chi connectivity index (χ0n) is 12.1. The van der Waals surface area contributed by atoms with Crippen molar-refractivity contribution in [3.8, 4) is 5.75 Å². The van der Waals surface area contributed by atoms with Gasteiger partial charge in [-0.1, -0.05) is 44.2 Å². The SMILES string of the molecule is CC(C)CCOc1ccn(Cc2ccccc2)c(=O)c1. The average molecular weight is 271 g/mol. The number of nitrogens with zero attached hydrogens (tertiary/aromatic N) is 1. The minimum Gasteiger partial charge on any atom is -0.493 e. The number of pyridine rings is 1. The minimum absolute atomic E-state index is 0.0316. The lowest BCUT2D eigenvalue weighted by Crippen LogP contribution is -2.19. The summed E-state index contributed by atoms with van der Waals surface area (Å²) in [6.45, 7) is 5.55. The predicted octanol–water partition coefficient (Wildman–Crippen LogP) is 3.32. The van der Waals surface area contributed by atoms with E-state index in [9.17, 15) is 4.79 Å². The molecule has 0 radical (unpaired) electrons. The van der Waals surface area contributed by atoms with Crippen LogP contribution >= 0.6 is 0 Å². The molecule has 20 heavy (non-hydrogen) atoms. The summed E-state index contributed by atoms with van der Waals surface area (Å²) in [6.07, 6.45) is 2.78. The van der Waals surface area contributed by atoms with Crippen LogP contribution < -0.4 is 10.3 Å². The molecule has 0 atom stereocenters. The highest BCUT2D eigenvalue weighted by molar-refractivity contribution is 5.20. The van der Waals surface area contributed by atoms with E-state index in [0.717, 1.165) is 12.0 Å². The maximum absolute atomic E-state index is 12.0. The highest BCUT2D eigenvalue weighted by atomic mass is 16.5. The van der Waals surface area contributed by atoms with Crippen LogP contribution in [0.15, 0.2) is 53.5 Å². The second-order valence-corrected chi connectivity index (χ2v) is 5.35. The van der Waals surface area contributed by atoms with Crippen molar-refractivity contribution in [2.75, 3.05) is 6.61 Å². The molecule has 3 heteroatoms. The van der Waals surface area contributed by atoms with E-state index in [1.54, 1.807) is 16.8 Å². The molecule has 0 saturated carbocycles. The Balaban J connectivity index is 2.01. The Labute approximate surface area is 119 Å². The molecule has 1 aromatic carbocycles. The van der Waals surface area contributed by atoms with Crippen molar-refractivity contribution in [3.63, 3.8) is 0 Å². The van der Waals surface area contributed by atoms with Crippen LogP contribution in [0.4, 0.5) is 0 Å². The first-order valence-electron chi connectivity index (χ1n) is 7.02. The van der Waals surface area contributed by atoms with Crippen LogP contribution in [0.5, 0.6) is 5.75 Å². The van der Waals surface area contributed by atoms with Crippen LogP contribution in [0, 0.1) is 5.92 Å². The zero-order valence-corrected chi connectivity index (χ0v) is 12.1. The first kappa shape index (κ1) is 14.4. The molecular formula is C17H21NO2. The van der Waals surface area contributed by atoms with Crippen LogP contribution in [-0.2, 0) is 6.54 Å². The summed E-state index contributed by atoms with van der Waals surface area (Å²) in [5, 5.41) is 0. The lowest BCUT2D eigenvalue weighted by atomic mass is 10.1. The second kappa shape index (κ2) is 6.94. The van der Waals surface area contributed by atoms with Gasteiger partial charge in [0.1, 0.15) is 5.75 Å². The fourth-order valence-electron chi connectivity index (χ4n) is 1.90. The molecule has 0 unspecified atom stereocenters. The normalized spacial score (nSPS) is 10.8. The summed E-state index contributed by atoms with van der Waals surface area (Å²) in [7, 11) is 0. The van der Waals surface area contributed by atoms with Crippen LogP contribution in [0.2, 0.25) is 0 Å². The van der Waals surface area contributed by atoms with Gasteiger partial charge in [0.05, 0.1) is 13.2 Å². The summed E-state index contributed by atoms with van der Waals surface area (Å²) in [6, 6.07) is 13.4. The van der Waals surface area contributed by atoms with Crippen molar-refractivity contribution >= 4 is 0 Å². The quantitative estimate of drug-likeness (QED) is 0.807. The molecule has 0 saturated heterocycles. The van der Waals surface area contributed by atoms with E-state index in [1.807, 2.05) is 36.4 Å². The van der Waals surface area contributed by atoms with E-state index in [1.165, 1.54) is 0 Å². The van der Waals surface area contributed by atoms with Gasteiger partial charge < -0.3 is 9.30 Å². The highest BCUT2D eigenvalue weighted by Crippen LogP contribution is 2.09. The van der Waals surface area contributed by atoms with Gasteiger partial charge in [0, 0.05) is 12.3 Å². The summed E-state index contributed by atoms with van der Waals surface area (Å²) in [5.74, 6) is 1.26. The molecular weight excluding hydrogens is 250 g/mol. The van der Waals surface area contributed by atoms with Crippen LogP contribution in [0.25, 0.3) is 0 Å². The van der Waals surface area contributed by atoms with Gasteiger partial charge in [0.25, 0.3) is 5.56 Å². The first-order valence-corrected chi connectivity index (χ1v) is 7.02. The molecule has 0 spiro atoms. The minimum atomic E-state index is -0.0316. The van der Waals surface area contributed by atoms with Crippen LogP contribution in [0.3, 0.4) is 0 Å². The molecule has 0 aliphatic rings. The van der Waals surface area contributed by atoms with E-state index in [4.69, 9.17) is 4.74 Å². The molecule has 1 heterocycles. The monoisotopic (exact) mass is 271 g/mol. The number of hydrogen-bond donors (Lipinski definition) is 0. The predicted molar refractivity (Wildman–Crippen MR) is 81.2 cm³/mol. The van der Waals surface area contributed by atoms with Crippen molar-refractivity contribution < 1.29 is 4.74 Å².